The molecule has 2 aromatic rings. The lowest BCUT2D eigenvalue weighted by Crippen LogP contribution is -2.32. The second-order valence-corrected chi connectivity index (χ2v) is 7.83. The lowest BCUT2D eigenvalue weighted by atomic mass is 10.2. The van der Waals surface area contributed by atoms with E-state index in [9.17, 15) is 13.2 Å². The second-order valence-electron chi connectivity index (χ2n) is 5.15. The molecule has 2 rings (SSSR count). The number of sulfonamides is 1. The molecule has 0 fully saturated rings. The Morgan fingerprint density at radius 3 is 2.71 bits per heavy atom. The molecule has 2 N–H and O–H groups in total. The molecule has 1 atom stereocenters. The first kappa shape index (κ1) is 18.6. The number of nitrogens with one attached hydrogen (secondary N) is 2. The van der Waals surface area contributed by atoms with E-state index in [2.05, 4.69) is 31.0 Å². The summed E-state index contributed by atoms with van der Waals surface area (Å²) >= 11 is 3.23. The Labute approximate surface area is 149 Å². The first-order valence-electron chi connectivity index (χ1n) is 7.34. The maximum atomic E-state index is 12.1. The summed E-state index contributed by atoms with van der Waals surface area (Å²) in [6, 6.07) is 11.6. The molecule has 6 nitrogen and oxygen atoms in total. The van der Waals surface area contributed by atoms with Gasteiger partial charge in [0, 0.05) is 23.6 Å². The van der Waals surface area contributed by atoms with E-state index in [4.69, 9.17) is 0 Å². The highest BCUT2D eigenvalue weighted by Gasteiger charge is 2.15. The highest BCUT2D eigenvalue weighted by molar-refractivity contribution is 9.10. The molecule has 1 amide bonds. The maximum Gasteiger partial charge on any atom is 0.240 e. The highest BCUT2D eigenvalue weighted by Crippen LogP contribution is 2.15. The molecular formula is C16H18BrN3O3S. The molecule has 1 unspecified atom stereocenters. The lowest BCUT2D eigenvalue weighted by molar-refractivity contribution is -0.121. The fourth-order valence-electron chi connectivity index (χ4n) is 2.04. The summed E-state index contributed by atoms with van der Waals surface area (Å²) in [5.74, 6) is -0.245. The van der Waals surface area contributed by atoms with E-state index < -0.39 is 10.0 Å². The minimum absolute atomic E-state index is 0.0234. The van der Waals surface area contributed by atoms with Crippen molar-refractivity contribution in [1.82, 2.24) is 15.0 Å². The van der Waals surface area contributed by atoms with Crippen LogP contribution in [0.25, 0.3) is 0 Å². The molecule has 1 aromatic heterocycles. The van der Waals surface area contributed by atoms with E-state index in [0.717, 1.165) is 5.69 Å². The summed E-state index contributed by atoms with van der Waals surface area (Å²) in [5.41, 5.74) is 0.751. The molecule has 0 saturated heterocycles. The molecule has 0 spiro atoms. The minimum Gasteiger partial charge on any atom is -0.348 e. The van der Waals surface area contributed by atoms with Gasteiger partial charge in [0.05, 0.1) is 16.6 Å². The van der Waals surface area contributed by atoms with E-state index >= 15 is 0 Å². The van der Waals surface area contributed by atoms with Gasteiger partial charge < -0.3 is 5.32 Å². The second kappa shape index (κ2) is 8.36. The Kier molecular flexibility index (Phi) is 6.47. The van der Waals surface area contributed by atoms with Gasteiger partial charge in [-0.3, -0.25) is 9.78 Å². The van der Waals surface area contributed by atoms with Crippen LogP contribution in [-0.4, -0.2) is 25.9 Å². The summed E-state index contributed by atoms with van der Waals surface area (Å²) in [5, 5.41) is 2.79. The van der Waals surface area contributed by atoms with Crippen molar-refractivity contribution in [3.05, 3.63) is 58.8 Å². The third-order valence-corrected chi connectivity index (χ3v) is 5.21. The van der Waals surface area contributed by atoms with Gasteiger partial charge in [-0.25, -0.2) is 13.1 Å². The minimum atomic E-state index is -3.63. The van der Waals surface area contributed by atoms with Crippen molar-refractivity contribution in [3.8, 4) is 0 Å². The van der Waals surface area contributed by atoms with Gasteiger partial charge in [0.25, 0.3) is 0 Å². The molecule has 24 heavy (non-hydrogen) atoms. The van der Waals surface area contributed by atoms with Crippen molar-refractivity contribution in [2.75, 3.05) is 6.54 Å². The topological polar surface area (TPSA) is 88.2 Å². The third kappa shape index (κ3) is 5.40. The number of pyridine rings is 1. The fraction of sp³-hybridized carbons (Fsp3) is 0.250. The molecule has 1 aromatic carbocycles. The van der Waals surface area contributed by atoms with Crippen molar-refractivity contribution in [1.29, 1.82) is 0 Å². The molecule has 8 heteroatoms. The molecule has 0 saturated carbocycles. The molecule has 0 aliphatic rings. The summed E-state index contributed by atoms with van der Waals surface area (Å²) < 4.78 is 27.4. The zero-order valence-electron chi connectivity index (χ0n) is 13.1. The fourth-order valence-corrected chi connectivity index (χ4v) is 3.66. The predicted octanol–water partition coefficient (Wildman–Crippen LogP) is 2.39. The summed E-state index contributed by atoms with van der Waals surface area (Å²) in [6.07, 6.45) is 1.70. The van der Waals surface area contributed by atoms with Gasteiger partial charge in [-0.2, -0.15) is 0 Å². The summed E-state index contributed by atoms with van der Waals surface area (Å²) in [4.78, 5) is 16.2. The normalized spacial score (nSPS) is 12.6. The first-order valence-corrected chi connectivity index (χ1v) is 9.61. The van der Waals surface area contributed by atoms with Gasteiger partial charge in [-0.15, -0.1) is 0 Å². The number of nitrogens with zero attached hydrogens (tertiary/aromatic N) is 1. The number of amides is 1. The van der Waals surface area contributed by atoms with Crippen molar-refractivity contribution in [2.24, 2.45) is 0 Å². The lowest BCUT2D eigenvalue weighted by Gasteiger charge is -2.13. The van der Waals surface area contributed by atoms with Crippen LogP contribution in [0.1, 0.15) is 25.1 Å². The van der Waals surface area contributed by atoms with Gasteiger partial charge in [-0.1, -0.05) is 28.1 Å². The maximum absolute atomic E-state index is 12.1. The number of aromatic nitrogens is 1. The number of hydrogen-bond acceptors (Lipinski definition) is 4. The number of rotatable bonds is 7. The third-order valence-electron chi connectivity index (χ3n) is 3.26. The van der Waals surface area contributed by atoms with Crippen molar-refractivity contribution >= 4 is 31.9 Å². The number of halogens is 1. The quantitative estimate of drug-likeness (QED) is 0.731. The predicted molar refractivity (Wildman–Crippen MR) is 94.7 cm³/mol. The number of carbonyl (C=O) groups excluding carboxylic acids is 1. The van der Waals surface area contributed by atoms with Gasteiger partial charge in [0.2, 0.25) is 15.9 Å². The zero-order chi connectivity index (χ0) is 17.6. The van der Waals surface area contributed by atoms with Gasteiger partial charge >= 0.3 is 0 Å². The molecule has 0 bridgehead atoms. The highest BCUT2D eigenvalue weighted by atomic mass is 79.9. The number of benzene rings is 1. The molecule has 128 valence electrons. The number of hydrogen-bond donors (Lipinski definition) is 2. The summed E-state index contributed by atoms with van der Waals surface area (Å²) in [7, 11) is -3.63. The van der Waals surface area contributed by atoms with Crippen LogP contribution in [0.5, 0.6) is 0 Å². The van der Waals surface area contributed by atoms with E-state index in [1.807, 2.05) is 19.1 Å². The van der Waals surface area contributed by atoms with Crippen LogP contribution >= 0.6 is 15.9 Å². The largest absolute Gasteiger partial charge is 0.348 e. The van der Waals surface area contributed by atoms with E-state index in [1.165, 1.54) is 12.1 Å². The van der Waals surface area contributed by atoms with Gasteiger partial charge in [0.1, 0.15) is 0 Å². The van der Waals surface area contributed by atoms with Crippen molar-refractivity contribution in [2.45, 2.75) is 24.3 Å². The van der Waals surface area contributed by atoms with Crippen LogP contribution in [0.4, 0.5) is 0 Å². The first-order chi connectivity index (χ1) is 11.4. The average Bonchev–Trinajstić information content (AvgIpc) is 2.55. The Balaban J connectivity index is 1.84. The van der Waals surface area contributed by atoms with Crippen LogP contribution in [0.3, 0.4) is 0 Å². The van der Waals surface area contributed by atoms with E-state index in [0.29, 0.717) is 4.47 Å². The SMILES string of the molecule is CC(NC(=O)CCNS(=O)(=O)c1cccc(Br)c1)c1ccccn1. The molecule has 0 aliphatic carbocycles. The van der Waals surface area contributed by atoms with Crippen molar-refractivity contribution in [3.63, 3.8) is 0 Å². The summed E-state index contributed by atoms with van der Waals surface area (Å²) in [6.45, 7) is 1.85. The monoisotopic (exact) mass is 411 g/mol. The molecular weight excluding hydrogens is 394 g/mol. The average molecular weight is 412 g/mol. The van der Waals surface area contributed by atoms with Crippen LogP contribution in [0, 0.1) is 0 Å². The van der Waals surface area contributed by atoms with Gasteiger partial charge in [0.15, 0.2) is 0 Å². The Morgan fingerprint density at radius 2 is 2.04 bits per heavy atom. The van der Waals surface area contributed by atoms with E-state index in [1.54, 1.807) is 24.4 Å². The van der Waals surface area contributed by atoms with Crippen LogP contribution < -0.4 is 10.0 Å². The number of carbonyl (C=O) groups is 1. The van der Waals surface area contributed by atoms with Gasteiger partial charge in [-0.05, 0) is 37.3 Å². The Bertz CT molecular complexity index is 797. The van der Waals surface area contributed by atoms with Crippen LogP contribution in [-0.2, 0) is 14.8 Å². The van der Waals surface area contributed by atoms with Crippen molar-refractivity contribution < 1.29 is 13.2 Å². The molecule has 0 radical (unpaired) electrons. The Hall–Kier alpha value is -1.77. The van der Waals surface area contributed by atoms with Crippen LogP contribution in [0.2, 0.25) is 0 Å². The standard InChI is InChI=1S/C16H18BrN3O3S/c1-12(15-7-2-3-9-18-15)20-16(21)8-10-19-24(22,23)14-6-4-5-13(17)11-14/h2-7,9,11-12,19H,8,10H2,1H3,(H,20,21). The zero-order valence-corrected chi connectivity index (χ0v) is 15.5. The van der Waals surface area contributed by atoms with E-state index in [-0.39, 0.29) is 29.8 Å². The smallest absolute Gasteiger partial charge is 0.240 e. The molecule has 0 aliphatic heterocycles. The Morgan fingerprint density at radius 1 is 1.25 bits per heavy atom. The molecule has 1 heterocycles. The van der Waals surface area contributed by atoms with Crippen LogP contribution in [0.15, 0.2) is 58.0 Å².